The summed E-state index contributed by atoms with van der Waals surface area (Å²) in [4.78, 5) is 28.1. The summed E-state index contributed by atoms with van der Waals surface area (Å²) < 4.78 is 5.07. The number of fused-ring (bicyclic) bond motifs is 3. The fraction of sp³-hybridized carbons (Fsp3) is 0.0667. The molecule has 0 aliphatic heterocycles. The maximum absolute atomic E-state index is 12.3. The largest absolute Gasteiger partial charge is 0.449 e. The molecule has 0 spiro atoms. The van der Waals surface area contributed by atoms with Crippen molar-refractivity contribution in [2.45, 2.75) is 6.92 Å². The quantitative estimate of drug-likeness (QED) is 0.570. The lowest BCUT2D eigenvalue weighted by Gasteiger charge is -1.95. The SMILES string of the molecule is Cc1nc(C(=O)c2nc3c(cnc4ccccc43)[nH]2)co1. The molecule has 0 bridgehead atoms. The lowest BCUT2D eigenvalue weighted by atomic mass is 10.2. The Bertz CT molecular complexity index is 984. The minimum Gasteiger partial charge on any atom is -0.449 e. The molecule has 4 aromatic rings. The predicted octanol–water partition coefficient (Wildman–Crippen LogP) is 2.64. The van der Waals surface area contributed by atoms with Crippen molar-refractivity contribution in [2.24, 2.45) is 0 Å². The maximum Gasteiger partial charge on any atom is 0.249 e. The van der Waals surface area contributed by atoms with Gasteiger partial charge in [-0.15, -0.1) is 0 Å². The Kier molecular flexibility index (Phi) is 2.38. The van der Waals surface area contributed by atoms with Gasteiger partial charge >= 0.3 is 0 Å². The van der Waals surface area contributed by atoms with E-state index in [9.17, 15) is 4.79 Å². The number of imidazole rings is 1. The zero-order valence-electron chi connectivity index (χ0n) is 11.1. The van der Waals surface area contributed by atoms with Crippen LogP contribution in [0.4, 0.5) is 0 Å². The van der Waals surface area contributed by atoms with Crippen LogP contribution in [0.2, 0.25) is 0 Å². The monoisotopic (exact) mass is 278 g/mol. The van der Waals surface area contributed by atoms with Crippen LogP contribution >= 0.6 is 0 Å². The minimum atomic E-state index is -0.299. The van der Waals surface area contributed by atoms with Gasteiger partial charge in [0.05, 0.1) is 17.2 Å². The Balaban J connectivity index is 1.91. The van der Waals surface area contributed by atoms with Crippen molar-refractivity contribution in [1.82, 2.24) is 19.9 Å². The van der Waals surface area contributed by atoms with Crippen molar-refractivity contribution in [3.63, 3.8) is 0 Å². The number of aromatic nitrogens is 4. The average Bonchev–Trinajstić information content (AvgIpc) is 3.12. The first-order chi connectivity index (χ1) is 10.2. The van der Waals surface area contributed by atoms with Crippen LogP contribution in [0.5, 0.6) is 0 Å². The van der Waals surface area contributed by atoms with E-state index in [0.717, 1.165) is 21.9 Å². The molecule has 102 valence electrons. The number of aryl methyl sites for hydroxylation is 1. The predicted molar refractivity (Wildman–Crippen MR) is 76.1 cm³/mol. The van der Waals surface area contributed by atoms with Gasteiger partial charge in [-0.2, -0.15) is 0 Å². The van der Waals surface area contributed by atoms with E-state index in [2.05, 4.69) is 19.9 Å². The van der Waals surface area contributed by atoms with Gasteiger partial charge in [0.1, 0.15) is 11.8 Å². The second-order valence-corrected chi connectivity index (χ2v) is 4.70. The van der Waals surface area contributed by atoms with E-state index >= 15 is 0 Å². The zero-order chi connectivity index (χ0) is 14.4. The normalized spacial score (nSPS) is 11.3. The highest BCUT2D eigenvalue weighted by atomic mass is 16.3. The van der Waals surface area contributed by atoms with E-state index < -0.39 is 0 Å². The fourth-order valence-electron chi connectivity index (χ4n) is 2.30. The number of nitrogens with zero attached hydrogens (tertiary/aromatic N) is 3. The first kappa shape index (κ1) is 11.8. The second-order valence-electron chi connectivity index (χ2n) is 4.70. The first-order valence-corrected chi connectivity index (χ1v) is 6.42. The van der Waals surface area contributed by atoms with Gasteiger partial charge < -0.3 is 9.40 Å². The van der Waals surface area contributed by atoms with Crippen molar-refractivity contribution in [3.05, 3.63) is 54.1 Å². The number of carbonyl (C=O) groups excluding carboxylic acids is 1. The minimum absolute atomic E-state index is 0.233. The molecule has 6 heteroatoms. The standard InChI is InChI=1S/C15H10N4O2/c1-8-17-12(7-21-8)14(20)15-18-11-6-16-10-5-3-2-4-9(10)13(11)19-15/h2-7H,1H3,(H,18,19). The molecule has 1 N–H and O–H groups in total. The Hall–Kier alpha value is -3.02. The molecule has 4 rings (SSSR count). The van der Waals surface area contributed by atoms with Crippen molar-refractivity contribution >= 4 is 27.7 Å². The van der Waals surface area contributed by atoms with Crippen LogP contribution < -0.4 is 0 Å². The van der Waals surface area contributed by atoms with E-state index in [4.69, 9.17) is 4.42 Å². The smallest absolute Gasteiger partial charge is 0.249 e. The van der Waals surface area contributed by atoms with Crippen molar-refractivity contribution in [3.8, 4) is 0 Å². The van der Waals surface area contributed by atoms with Gasteiger partial charge in [0, 0.05) is 12.3 Å². The molecule has 0 radical (unpaired) electrons. The number of rotatable bonds is 2. The van der Waals surface area contributed by atoms with Crippen LogP contribution in [-0.4, -0.2) is 25.7 Å². The summed E-state index contributed by atoms with van der Waals surface area (Å²) in [5.41, 5.74) is 2.53. The van der Waals surface area contributed by atoms with Gasteiger partial charge in [0.15, 0.2) is 17.4 Å². The molecule has 6 nitrogen and oxygen atoms in total. The van der Waals surface area contributed by atoms with E-state index in [1.54, 1.807) is 13.1 Å². The van der Waals surface area contributed by atoms with Gasteiger partial charge in [-0.3, -0.25) is 9.78 Å². The topological polar surface area (TPSA) is 84.7 Å². The number of benzene rings is 1. The Morgan fingerprint density at radius 1 is 1.24 bits per heavy atom. The van der Waals surface area contributed by atoms with Crippen LogP contribution in [0.25, 0.3) is 21.9 Å². The highest BCUT2D eigenvalue weighted by molar-refractivity contribution is 6.09. The fourth-order valence-corrected chi connectivity index (χ4v) is 2.30. The van der Waals surface area contributed by atoms with E-state index in [1.165, 1.54) is 6.26 Å². The van der Waals surface area contributed by atoms with Gasteiger partial charge in [-0.1, -0.05) is 18.2 Å². The summed E-state index contributed by atoms with van der Waals surface area (Å²) in [6, 6.07) is 7.67. The van der Waals surface area contributed by atoms with Gasteiger partial charge in [0.2, 0.25) is 5.78 Å². The Morgan fingerprint density at radius 2 is 2.10 bits per heavy atom. The molecular formula is C15H10N4O2. The molecular weight excluding hydrogens is 268 g/mol. The van der Waals surface area contributed by atoms with Crippen LogP contribution in [-0.2, 0) is 0 Å². The second kappa shape index (κ2) is 4.24. The summed E-state index contributed by atoms with van der Waals surface area (Å²) in [5, 5.41) is 0.904. The number of nitrogens with one attached hydrogen (secondary N) is 1. The number of ketones is 1. The van der Waals surface area contributed by atoms with Crippen LogP contribution in [0.3, 0.4) is 0 Å². The molecule has 0 unspecified atom stereocenters. The summed E-state index contributed by atoms with van der Waals surface area (Å²) in [6.07, 6.45) is 3.01. The molecule has 0 saturated heterocycles. The van der Waals surface area contributed by atoms with E-state index in [0.29, 0.717) is 5.89 Å². The third-order valence-electron chi connectivity index (χ3n) is 3.29. The number of pyridine rings is 1. The summed E-state index contributed by atoms with van der Waals surface area (Å²) >= 11 is 0. The molecule has 0 fully saturated rings. The molecule has 3 heterocycles. The van der Waals surface area contributed by atoms with Gasteiger partial charge in [0.25, 0.3) is 0 Å². The molecule has 0 saturated carbocycles. The molecule has 3 aromatic heterocycles. The average molecular weight is 278 g/mol. The van der Waals surface area contributed by atoms with Crippen LogP contribution in [0.1, 0.15) is 22.2 Å². The maximum atomic E-state index is 12.3. The summed E-state index contributed by atoms with van der Waals surface area (Å²) in [6.45, 7) is 1.69. The van der Waals surface area contributed by atoms with Gasteiger partial charge in [-0.05, 0) is 6.07 Å². The number of hydrogen-bond donors (Lipinski definition) is 1. The van der Waals surface area contributed by atoms with Crippen molar-refractivity contribution in [2.75, 3.05) is 0 Å². The number of H-pyrrole nitrogens is 1. The van der Waals surface area contributed by atoms with E-state index in [-0.39, 0.29) is 17.3 Å². The molecule has 0 amide bonds. The summed E-state index contributed by atoms with van der Waals surface area (Å²) in [5.74, 6) is 0.380. The number of oxazole rings is 1. The van der Waals surface area contributed by atoms with Crippen molar-refractivity contribution < 1.29 is 9.21 Å². The van der Waals surface area contributed by atoms with Crippen LogP contribution in [0.15, 0.2) is 41.1 Å². The molecule has 0 atom stereocenters. The highest BCUT2D eigenvalue weighted by Gasteiger charge is 2.18. The Morgan fingerprint density at radius 3 is 2.90 bits per heavy atom. The number of hydrogen-bond acceptors (Lipinski definition) is 5. The number of carbonyl (C=O) groups is 1. The number of aromatic amines is 1. The third-order valence-corrected chi connectivity index (χ3v) is 3.29. The highest BCUT2D eigenvalue weighted by Crippen LogP contribution is 2.22. The van der Waals surface area contributed by atoms with E-state index in [1.807, 2.05) is 24.3 Å². The Labute approximate surface area is 118 Å². The van der Waals surface area contributed by atoms with Crippen molar-refractivity contribution in [1.29, 1.82) is 0 Å². The molecule has 0 aliphatic rings. The third kappa shape index (κ3) is 1.80. The molecule has 21 heavy (non-hydrogen) atoms. The molecule has 1 aromatic carbocycles. The lowest BCUT2D eigenvalue weighted by molar-refractivity contribution is 0.102. The summed E-state index contributed by atoms with van der Waals surface area (Å²) in [7, 11) is 0. The van der Waals surface area contributed by atoms with Crippen LogP contribution in [0, 0.1) is 6.92 Å². The number of para-hydroxylation sites is 1. The van der Waals surface area contributed by atoms with Gasteiger partial charge in [-0.25, -0.2) is 9.97 Å². The molecule has 0 aliphatic carbocycles. The zero-order valence-corrected chi connectivity index (χ0v) is 11.1. The first-order valence-electron chi connectivity index (χ1n) is 6.42. The lowest BCUT2D eigenvalue weighted by Crippen LogP contribution is -2.03.